The lowest BCUT2D eigenvalue weighted by molar-refractivity contribution is 0.0601. The summed E-state index contributed by atoms with van der Waals surface area (Å²) in [5.74, 6) is 1.94. The number of thioether (sulfide) groups is 1. The molecule has 0 aliphatic carbocycles. The van der Waals surface area contributed by atoms with Crippen LogP contribution in [0.2, 0.25) is 0 Å². The summed E-state index contributed by atoms with van der Waals surface area (Å²) < 4.78 is 7.09. The van der Waals surface area contributed by atoms with Gasteiger partial charge in [-0.15, -0.1) is 0 Å². The molecule has 5 aromatic rings. The fourth-order valence-corrected chi connectivity index (χ4v) is 6.11. The minimum Gasteiger partial charge on any atom is -0.494 e. The van der Waals surface area contributed by atoms with Gasteiger partial charge in [0.15, 0.2) is 5.88 Å². The smallest absolute Gasteiger partial charge is 0.337 e. The van der Waals surface area contributed by atoms with E-state index in [0.29, 0.717) is 22.4 Å². The Morgan fingerprint density at radius 3 is 2.50 bits per heavy atom. The number of hydrogen-bond donors (Lipinski definition) is 2. The number of rotatable bonds is 7. The van der Waals surface area contributed by atoms with Crippen molar-refractivity contribution < 1.29 is 14.6 Å². The lowest BCUT2D eigenvalue weighted by Gasteiger charge is -2.26. The number of aromatic amines is 1. The standard InChI is InChI=1S/C32H30N4O3S/c1-39-32(38)23-9-14-27-28(20-23)34-31(37)29(27)30(22-6-3-2-4-7-22)33-24-10-12-25(13-11-24)36-15-5-8-26(36)21-35-16-18-40-19-17-35/h2-15,20,34,37H,16-19,21H2,1H3. The highest BCUT2D eigenvalue weighted by atomic mass is 32.2. The molecule has 1 aliphatic heterocycles. The quantitative estimate of drug-likeness (QED) is 0.187. The van der Waals surface area contributed by atoms with Crippen molar-refractivity contribution in [2.75, 3.05) is 31.7 Å². The number of hydrogen-bond acceptors (Lipinski definition) is 6. The molecule has 0 bridgehead atoms. The van der Waals surface area contributed by atoms with Crippen LogP contribution in [0.15, 0.2) is 96.1 Å². The van der Waals surface area contributed by atoms with Crippen LogP contribution in [0.5, 0.6) is 5.88 Å². The van der Waals surface area contributed by atoms with Gasteiger partial charge < -0.3 is 19.4 Å². The summed E-state index contributed by atoms with van der Waals surface area (Å²) in [5.41, 5.74) is 6.22. The molecule has 8 heteroatoms. The Balaban J connectivity index is 1.36. The third kappa shape index (κ3) is 5.28. The average Bonchev–Trinajstić information content (AvgIpc) is 3.59. The van der Waals surface area contributed by atoms with Crippen LogP contribution in [0.3, 0.4) is 0 Å². The van der Waals surface area contributed by atoms with Gasteiger partial charge in [0.25, 0.3) is 0 Å². The summed E-state index contributed by atoms with van der Waals surface area (Å²) in [7, 11) is 1.35. The Kier molecular flexibility index (Phi) is 7.44. The number of aliphatic imine (C=N–C) groups is 1. The fourth-order valence-electron chi connectivity index (χ4n) is 5.13. The maximum absolute atomic E-state index is 12.1. The molecule has 0 radical (unpaired) electrons. The second kappa shape index (κ2) is 11.5. The first kappa shape index (κ1) is 26.0. The van der Waals surface area contributed by atoms with E-state index < -0.39 is 5.97 Å². The van der Waals surface area contributed by atoms with Crippen LogP contribution < -0.4 is 0 Å². The molecule has 6 rings (SSSR count). The summed E-state index contributed by atoms with van der Waals surface area (Å²) in [5, 5.41) is 11.8. The van der Waals surface area contributed by atoms with E-state index in [9.17, 15) is 9.90 Å². The number of aromatic nitrogens is 2. The predicted molar refractivity (Wildman–Crippen MR) is 161 cm³/mol. The highest BCUT2D eigenvalue weighted by molar-refractivity contribution is 7.99. The second-order valence-corrected chi connectivity index (χ2v) is 10.9. The Morgan fingerprint density at radius 1 is 0.975 bits per heavy atom. The number of esters is 1. The van der Waals surface area contributed by atoms with E-state index in [1.165, 1.54) is 24.3 Å². The van der Waals surface area contributed by atoms with Crippen LogP contribution in [-0.4, -0.2) is 62.9 Å². The molecule has 3 heterocycles. The number of H-pyrrole nitrogens is 1. The van der Waals surface area contributed by atoms with Crippen molar-refractivity contribution in [1.82, 2.24) is 14.5 Å². The third-order valence-electron chi connectivity index (χ3n) is 7.18. The van der Waals surface area contributed by atoms with Crippen molar-refractivity contribution in [1.29, 1.82) is 0 Å². The number of aromatic hydroxyl groups is 1. The Morgan fingerprint density at radius 2 is 1.75 bits per heavy atom. The molecule has 1 aliphatic rings. The van der Waals surface area contributed by atoms with E-state index in [-0.39, 0.29) is 5.88 Å². The molecule has 0 unspecified atom stereocenters. The first-order valence-electron chi connectivity index (χ1n) is 13.2. The number of carbonyl (C=O) groups excluding carboxylic acids is 1. The molecule has 2 aromatic heterocycles. The maximum atomic E-state index is 12.1. The van der Waals surface area contributed by atoms with E-state index in [2.05, 4.69) is 44.9 Å². The van der Waals surface area contributed by atoms with Crippen LogP contribution in [0.25, 0.3) is 16.6 Å². The van der Waals surface area contributed by atoms with Crippen LogP contribution in [0.4, 0.5) is 5.69 Å². The SMILES string of the molecule is COC(=O)c1ccc2c(C(=Nc3ccc(-n4cccc4CN4CCSCC4)cc3)c3ccccc3)c(O)[nH]c2c1. The van der Waals surface area contributed by atoms with Crippen LogP contribution >= 0.6 is 11.8 Å². The normalized spacial score (nSPS) is 14.5. The molecule has 3 aromatic carbocycles. The highest BCUT2D eigenvalue weighted by Gasteiger charge is 2.20. The van der Waals surface area contributed by atoms with Crippen molar-refractivity contribution in [3.05, 3.63) is 114 Å². The lowest BCUT2D eigenvalue weighted by atomic mass is 10.00. The average molecular weight is 551 g/mol. The largest absolute Gasteiger partial charge is 0.494 e. The Labute approximate surface area is 237 Å². The number of benzene rings is 3. The monoisotopic (exact) mass is 550 g/mol. The molecule has 2 N–H and O–H groups in total. The van der Waals surface area contributed by atoms with Crippen molar-refractivity contribution in [2.45, 2.75) is 6.54 Å². The van der Waals surface area contributed by atoms with Gasteiger partial charge in [-0.25, -0.2) is 9.79 Å². The van der Waals surface area contributed by atoms with E-state index in [4.69, 9.17) is 9.73 Å². The Bertz CT molecular complexity index is 1670. The zero-order chi connectivity index (χ0) is 27.5. The van der Waals surface area contributed by atoms with Gasteiger partial charge in [-0.3, -0.25) is 4.90 Å². The topological polar surface area (TPSA) is 82.8 Å². The molecular weight excluding hydrogens is 520 g/mol. The molecule has 40 heavy (non-hydrogen) atoms. The predicted octanol–water partition coefficient (Wildman–Crippen LogP) is 6.17. The third-order valence-corrected chi connectivity index (χ3v) is 8.12. The van der Waals surface area contributed by atoms with Gasteiger partial charge in [0.1, 0.15) is 0 Å². The highest BCUT2D eigenvalue weighted by Crippen LogP contribution is 2.32. The molecule has 0 spiro atoms. The number of nitrogens with one attached hydrogen (secondary N) is 1. The summed E-state index contributed by atoms with van der Waals surface area (Å²) >= 11 is 2.02. The van der Waals surface area contributed by atoms with Gasteiger partial charge in [-0.1, -0.05) is 36.4 Å². The molecule has 1 fully saturated rings. The molecular formula is C32H30N4O3S. The summed E-state index contributed by atoms with van der Waals surface area (Å²) in [6.07, 6.45) is 2.11. The number of fused-ring (bicyclic) bond motifs is 1. The molecule has 202 valence electrons. The van der Waals surface area contributed by atoms with Gasteiger partial charge >= 0.3 is 5.97 Å². The first-order chi connectivity index (χ1) is 19.6. The fraction of sp³-hybridized carbons (Fsp3) is 0.188. The van der Waals surface area contributed by atoms with Crippen molar-refractivity contribution in [3.8, 4) is 11.6 Å². The van der Waals surface area contributed by atoms with E-state index in [0.717, 1.165) is 42.0 Å². The summed E-state index contributed by atoms with van der Waals surface area (Å²) in [6, 6.07) is 27.4. The minimum absolute atomic E-state index is 0.00988. The second-order valence-electron chi connectivity index (χ2n) is 9.70. The molecule has 7 nitrogen and oxygen atoms in total. The number of methoxy groups -OCH3 is 1. The molecule has 0 atom stereocenters. The molecule has 0 saturated carbocycles. The Hall–Kier alpha value is -4.27. The van der Waals surface area contributed by atoms with E-state index in [1.807, 2.05) is 60.3 Å². The van der Waals surface area contributed by atoms with Gasteiger partial charge in [-0.2, -0.15) is 11.8 Å². The number of ether oxygens (including phenoxy) is 1. The zero-order valence-corrected chi connectivity index (χ0v) is 23.0. The van der Waals surface area contributed by atoms with Crippen molar-refractivity contribution >= 4 is 40.0 Å². The van der Waals surface area contributed by atoms with Crippen molar-refractivity contribution in [3.63, 3.8) is 0 Å². The summed E-state index contributed by atoms with van der Waals surface area (Å²) in [4.78, 5) is 22.6. The number of nitrogens with zero attached hydrogens (tertiary/aromatic N) is 3. The molecule has 1 saturated heterocycles. The van der Waals surface area contributed by atoms with E-state index >= 15 is 0 Å². The zero-order valence-electron chi connectivity index (χ0n) is 22.2. The molecule has 0 amide bonds. The summed E-state index contributed by atoms with van der Waals surface area (Å²) in [6.45, 7) is 3.18. The van der Waals surface area contributed by atoms with Gasteiger partial charge in [0.05, 0.1) is 29.6 Å². The van der Waals surface area contributed by atoms with Crippen LogP contribution in [0, 0.1) is 0 Å². The minimum atomic E-state index is -0.435. The van der Waals surface area contributed by atoms with Crippen molar-refractivity contribution in [2.24, 2.45) is 4.99 Å². The van der Waals surface area contributed by atoms with Gasteiger partial charge in [0.2, 0.25) is 0 Å². The van der Waals surface area contributed by atoms with Gasteiger partial charge in [0, 0.05) is 65.2 Å². The lowest BCUT2D eigenvalue weighted by Crippen LogP contribution is -2.32. The van der Waals surface area contributed by atoms with Crippen LogP contribution in [0.1, 0.15) is 27.2 Å². The van der Waals surface area contributed by atoms with Crippen LogP contribution in [-0.2, 0) is 11.3 Å². The number of carbonyl (C=O) groups is 1. The first-order valence-corrected chi connectivity index (χ1v) is 14.4. The van der Waals surface area contributed by atoms with E-state index in [1.54, 1.807) is 12.1 Å². The maximum Gasteiger partial charge on any atom is 0.337 e. The van der Waals surface area contributed by atoms with Gasteiger partial charge in [-0.05, 0) is 48.5 Å².